The van der Waals surface area contributed by atoms with E-state index in [0.29, 0.717) is 38.1 Å². The zero-order valence-electron chi connectivity index (χ0n) is 15.1. The van der Waals surface area contributed by atoms with E-state index in [4.69, 9.17) is 4.74 Å². The molecule has 1 aliphatic rings. The zero-order valence-corrected chi connectivity index (χ0v) is 15.1. The maximum atomic E-state index is 12.7. The van der Waals surface area contributed by atoms with Crippen LogP contribution in [-0.4, -0.2) is 35.5 Å². The molecule has 5 heteroatoms. The Bertz CT molecular complexity index is 997. The third-order valence-corrected chi connectivity index (χ3v) is 5.03. The van der Waals surface area contributed by atoms with E-state index in [1.165, 1.54) is 0 Å². The molecule has 1 aromatic heterocycles. The molecular weight excluding hydrogens is 340 g/mol. The van der Waals surface area contributed by atoms with Crippen LogP contribution in [0.15, 0.2) is 65.5 Å². The number of hydrogen-bond acceptors (Lipinski definition) is 3. The maximum absolute atomic E-state index is 12.7. The van der Waals surface area contributed by atoms with E-state index in [1.807, 2.05) is 65.6 Å². The number of rotatable bonds is 4. The van der Waals surface area contributed by atoms with Gasteiger partial charge in [-0.2, -0.15) is 0 Å². The van der Waals surface area contributed by atoms with Gasteiger partial charge in [0.25, 0.3) is 5.56 Å². The van der Waals surface area contributed by atoms with Gasteiger partial charge in [-0.3, -0.25) is 9.59 Å². The lowest BCUT2D eigenvalue weighted by molar-refractivity contribution is -0.139. The van der Waals surface area contributed by atoms with Gasteiger partial charge in [-0.25, -0.2) is 0 Å². The summed E-state index contributed by atoms with van der Waals surface area (Å²) in [4.78, 5) is 29.7. The summed E-state index contributed by atoms with van der Waals surface area (Å²) in [6.45, 7) is 1.68. The Balaban J connectivity index is 1.42. The number of carbonyl (C=O) groups excluding carboxylic acids is 1. The van der Waals surface area contributed by atoms with E-state index in [-0.39, 0.29) is 17.6 Å². The number of pyridine rings is 1. The van der Waals surface area contributed by atoms with E-state index in [2.05, 4.69) is 4.98 Å². The first-order valence-corrected chi connectivity index (χ1v) is 9.26. The van der Waals surface area contributed by atoms with Crippen LogP contribution in [0.3, 0.4) is 0 Å². The van der Waals surface area contributed by atoms with Gasteiger partial charge in [-0.15, -0.1) is 0 Å². The molecule has 0 spiro atoms. The number of nitrogens with one attached hydrogen (secondary N) is 1. The van der Waals surface area contributed by atoms with Crippen molar-refractivity contribution in [3.63, 3.8) is 0 Å². The van der Waals surface area contributed by atoms with Crippen LogP contribution in [0.2, 0.25) is 0 Å². The summed E-state index contributed by atoms with van der Waals surface area (Å²) >= 11 is 0. The number of nitrogens with zero attached hydrogens (tertiary/aromatic N) is 1. The molecule has 2 heterocycles. The molecule has 5 nitrogen and oxygen atoms in total. The molecule has 1 N–H and O–H groups in total. The van der Waals surface area contributed by atoms with Crippen LogP contribution in [0.4, 0.5) is 0 Å². The van der Waals surface area contributed by atoms with Crippen LogP contribution in [0.5, 0.6) is 0 Å². The highest BCUT2D eigenvalue weighted by Gasteiger charge is 2.25. The number of ether oxygens (including phenoxy) is 1. The standard InChI is InChI=1S/C22H22N2O3/c25-21(24-12-13-27-20(15-24)16-6-2-1-3-7-16)11-10-18-14-17-8-4-5-9-19(17)23-22(18)26/h1-9,14,20H,10-13,15H2,(H,23,26). The highest BCUT2D eigenvalue weighted by atomic mass is 16.5. The summed E-state index contributed by atoms with van der Waals surface area (Å²) in [7, 11) is 0. The topological polar surface area (TPSA) is 62.4 Å². The number of aromatic nitrogens is 1. The molecule has 0 bridgehead atoms. The first-order chi connectivity index (χ1) is 13.2. The second-order valence-corrected chi connectivity index (χ2v) is 6.82. The lowest BCUT2D eigenvalue weighted by Crippen LogP contribution is -2.42. The van der Waals surface area contributed by atoms with Gasteiger partial charge in [-0.1, -0.05) is 48.5 Å². The minimum atomic E-state index is -0.120. The molecule has 1 unspecified atom stereocenters. The van der Waals surface area contributed by atoms with Crippen molar-refractivity contribution in [3.8, 4) is 0 Å². The van der Waals surface area contributed by atoms with Gasteiger partial charge >= 0.3 is 0 Å². The third kappa shape index (κ3) is 3.93. The number of aromatic amines is 1. The highest BCUT2D eigenvalue weighted by molar-refractivity contribution is 5.79. The fourth-order valence-electron chi connectivity index (χ4n) is 3.52. The lowest BCUT2D eigenvalue weighted by Gasteiger charge is -2.33. The van der Waals surface area contributed by atoms with Crippen LogP contribution in [0.1, 0.15) is 23.7 Å². The average Bonchev–Trinajstić information content (AvgIpc) is 2.72. The first-order valence-electron chi connectivity index (χ1n) is 9.26. The Labute approximate surface area is 157 Å². The van der Waals surface area contributed by atoms with Gasteiger partial charge < -0.3 is 14.6 Å². The molecule has 0 saturated carbocycles. The van der Waals surface area contributed by atoms with Crippen LogP contribution in [0, 0.1) is 0 Å². The average molecular weight is 362 g/mol. The molecule has 0 aliphatic carbocycles. The highest BCUT2D eigenvalue weighted by Crippen LogP contribution is 2.22. The normalized spacial score (nSPS) is 17.2. The maximum Gasteiger partial charge on any atom is 0.251 e. The van der Waals surface area contributed by atoms with Crippen LogP contribution in [-0.2, 0) is 16.0 Å². The van der Waals surface area contributed by atoms with E-state index in [0.717, 1.165) is 16.5 Å². The van der Waals surface area contributed by atoms with Crippen molar-refractivity contribution in [2.45, 2.75) is 18.9 Å². The molecule has 3 aromatic rings. The Morgan fingerprint density at radius 3 is 2.74 bits per heavy atom. The number of amides is 1. The SMILES string of the molecule is O=C(CCc1cc2ccccc2[nH]c1=O)N1CCOC(c2ccccc2)C1. The number of carbonyl (C=O) groups is 1. The molecule has 1 fully saturated rings. The van der Waals surface area contributed by atoms with Crippen molar-refractivity contribution in [2.75, 3.05) is 19.7 Å². The molecule has 1 amide bonds. The molecule has 1 aliphatic heterocycles. The minimum absolute atomic E-state index is 0.0618. The summed E-state index contributed by atoms with van der Waals surface area (Å²) in [5.74, 6) is 0.0618. The molecular formula is C22H22N2O3. The van der Waals surface area contributed by atoms with Gasteiger partial charge in [0.15, 0.2) is 0 Å². The number of H-pyrrole nitrogens is 1. The zero-order chi connectivity index (χ0) is 18.6. The van der Waals surface area contributed by atoms with Gasteiger partial charge in [0.1, 0.15) is 6.10 Å². The summed E-state index contributed by atoms with van der Waals surface area (Å²) in [6.07, 6.45) is 0.669. The first kappa shape index (κ1) is 17.5. The summed E-state index contributed by atoms with van der Waals surface area (Å²) in [5.41, 5.74) is 2.43. The molecule has 27 heavy (non-hydrogen) atoms. The van der Waals surface area contributed by atoms with Crippen molar-refractivity contribution in [1.82, 2.24) is 9.88 Å². The lowest BCUT2D eigenvalue weighted by atomic mass is 10.1. The Hall–Kier alpha value is -2.92. The summed E-state index contributed by atoms with van der Waals surface area (Å²) < 4.78 is 5.83. The van der Waals surface area contributed by atoms with Crippen molar-refractivity contribution in [3.05, 3.63) is 82.1 Å². The Kier molecular flexibility index (Phi) is 5.03. The van der Waals surface area contributed by atoms with Crippen LogP contribution in [0.25, 0.3) is 10.9 Å². The smallest absolute Gasteiger partial charge is 0.251 e. The molecule has 0 radical (unpaired) electrons. The van der Waals surface area contributed by atoms with E-state index < -0.39 is 0 Å². The van der Waals surface area contributed by atoms with E-state index >= 15 is 0 Å². The van der Waals surface area contributed by atoms with E-state index in [9.17, 15) is 9.59 Å². The van der Waals surface area contributed by atoms with Crippen molar-refractivity contribution in [1.29, 1.82) is 0 Å². The van der Waals surface area contributed by atoms with Gasteiger partial charge in [0.05, 0.1) is 13.2 Å². The largest absolute Gasteiger partial charge is 0.370 e. The second-order valence-electron chi connectivity index (χ2n) is 6.82. The van der Waals surface area contributed by atoms with Gasteiger partial charge in [0.2, 0.25) is 5.91 Å². The summed E-state index contributed by atoms with van der Waals surface area (Å²) in [6, 6.07) is 19.5. The van der Waals surface area contributed by atoms with Gasteiger partial charge in [-0.05, 0) is 29.5 Å². The fraction of sp³-hybridized carbons (Fsp3) is 0.273. The second kappa shape index (κ2) is 7.76. The number of morpholine rings is 1. The van der Waals surface area contributed by atoms with Crippen molar-refractivity contribution < 1.29 is 9.53 Å². The Morgan fingerprint density at radius 1 is 1.11 bits per heavy atom. The van der Waals surface area contributed by atoms with Gasteiger partial charge in [0, 0.05) is 24.0 Å². The monoisotopic (exact) mass is 362 g/mol. The number of para-hydroxylation sites is 1. The molecule has 1 atom stereocenters. The number of hydrogen-bond donors (Lipinski definition) is 1. The third-order valence-electron chi connectivity index (χ3n) is 5.03. The minimum Gasteiger partial charge on any atom is -0.370 e. The summed E-state index contributed by atoms with van der Waals surface area (Å²) in [5, 5.41) is 0.982. The van der Waals surface area contributed by atoms with E-state index in [1.54, 1.807) is 0 Å². The van der Waals surface area contributed by atoms with Crippen molar-refractivity contribution >= 4 is 16.8 Å². The predicted octanol–water partition coefficient (Wildman–Crippen LogP) is 3.06. The number of aryl methyl sites for hydroxylation is 1. The van der Waals surface area contributed by atoms with Crippen LogP contribution >= 0.6 is 0 Å². The number of fused-ring (bicyclic) bond motifs is 1. The number of benzene rings is 2. The quantitative estimate of drug-likeness (QED) is 0.776. The van der Waals surface area contributed by atoms with Crippen LogP contribution < -0.4 is 5.56 Å². The van der Waals surface area contributed by atoms with Crippen molar-refractivity contribution in [2.24, 2.45) is 0 Å². The molecule has 138 valence electrons. The molecule has 2 aromatic carbocycles. The Morgan fingerprint density at radius 2 is 1.89 bits per heavy atom. The fourth-order valence-corrected chi connectivity index (χ4v) is 3.52. The predicted molar refractivity (Wildman–Crippen MR) is 105 cm³/mol. The molecule has 4 rings (SSSR count). The molecule has 1 saturated heterocycles.